The molecular formula is C18H15ClN2O. The summed E-state index contributed by atoms with van der Waals surface area (Å²) in [5.41, 5.74) is 1.74. The molecule has 2 rings (SSSR count). The third-order valence-corrected chi connectivity index (χ3v) is 3.41. The number of nitrogens with zero attached hydrogens (tertiary/aromatic N) is 1. The van der Waals surface area contributed by atoms with Crippen LogP contribution in [0.25, 0.3) is 6.08 Å². The van der Waals surface area contributed by atoms with Gasteiger partial charge in [-0.15, -0.1) is 0 Å². The number of carbonyl (C=O) groups is 1. The molecule has 0 fully saturated rings. The second-order valence-electron chi connectivity index (χ2n) is 4.83. The van der Waals surface area contributed by atoms with E-state index in [9.17, 15) is 10.1 Å². The topological polar surface area (TPSA) is 52.9 Å². The van der Waals surface area contributed by atoms with Gasteiger partial charge >= 0.3 is 0 Å². The van der Waals surface area contributed by atoms with Gasteiger partial charge in [0, 0.05) is 5.02 Å². The van der Waals surface area contributed by atoms with Crippen molar-refractivity contribution in [2.24, 2.45) is 0 Å². The van der Waals surface area contributed by atoms with Crippen molar-refractivity contribution < 1.29 is 4.79 Å². The van der Waals surface area contributed by atoms with Crippen LogP contribution < -0.4 is 5.32 Å². The lowest BCUT2D eigenvalue weighted by atomic mass is 10.1. The van der Waals surface area contributed by atoms with Crippen LogP contribution in [0.1, 0.15) is 24.1 Å². The molecule has 0 bridgehead atoms. The first-order valence-electron chi connectivity index (χ1n) is 6.83. The minimum Gasteiger partial charge on any atom is -0.345 e. The molecule has 0 aliphatic carbocycles. The van der Waals surface area contributed by atoms with Gasteiger partial charge in [0.05, 0.1) is 6.04 Å². The SMILES string of the molecule is C[C@H](NC(=O)/C(C#N)=C\c1cccc(Cl)c1)c1ccccc1. The van der Waals surface area contributed by atoms with Crippen LogP contribution in [-0.4, -0.2) is 5.91 Å². The Morgan fingerprint density at radius 2 is 1.95 bits per heavy atom. The van der Waals surface area contributed by atoms with Crippen molar-refractivity contribution in [2.75, 3.05) is 0 Å². The number of hydrogen-bond donors (Lipinski definition) is 1. The van der Waals surface area contributed by atoms with Gasteiger partial charge in [0.2, 0.25) is 0 Å². The van der Waals surface area contributed by atoms with Gasteiger partial charge in [0.25, 0.3) is 5.91 Å². The molecule has 0 aliphatic heterocycles. The highest BCUT2D eigenvalue weighted by atomic mass is 35.5. The molecule has 2 aromatic carbocycles. The van der Waals surface area contributed by atoms with Gasteiger partial charge in [0.15, 0.2) is 0 Å². The zero-order valence-corrected chi connectivity index (χ0v) is 12.8. The highest BCUT2D eigenvalue weighted by Crippen LogP contribution is 2.15. The normalized spacial score (nSPS) is 12.3. The molecule has 1 N–H and O–H groups in total. The maximum Gasteiger partial charge on any atom is 0.262 e. The molecule has 0 saturated carbocycles. The lowest BCUT2D eigenvalue weighted by Gasteiger charge is -2.13. The van der Waals surface area contributed by atoms with Crippen LogP contribution in [0, 0.1) is 11.3 Å². The second-order valence-corrected chi connectivity index (χ2v) is 5.27. The number of rotatable bonds is 4. The first-order chi connectivity index (χ1) is 10.6. The number of nitrogens with one attached hydrogen (secondary N) is 1. The predicted octanol–water partition coefficient (Wildman–Crippen LogP) is 4.12. The fraction of sp³-hybridized carbons (Fsp3) is 0.111. The fourth-order valence-electron chi connectivity index (χ4n) is 2.01. The van der Waals surface area contributed by atoms with E-state index in [0.717, 1.165) is 5.56 Å². The van der Waals surface area contributed by atoms with E-state index in [1.54, 1.807) is 24.3 Å². The van der Waals surface area contributed by atoms with Crippen molar-refractivity contribution in [3.63, 3.8) is 0 Å². The van der Waals surface area contributed by atoms with Crippen molar-refractivity contribution in [2.45, 2.75) is 13.0 Å². The number of nitriles is 1. The maximum absolute atomic E-state index is 12.2. The first-order valence-corrected chi connectivity index (χ1v) is 7.21. The van der Waals surface area contributed by atoms with E-state index >= 15 is 0 Å². The van der Waals surface area contributed by atoms with Crippen molar-refractivity contribution >= 4 is 23.6 Å². The highest BCUT2D eigenvalue weighted by molar-refractivity contribution is 6.30. The van der Waals surface area contributed by atoms with Gasteiger partial charge in [0.1, 0.15) is 11.6 Å². The Morgan fingerprint density at radius 3 is 2.59 bits per heavy atom. The quantitative estimate of drug-likeness (QED) is 0.682. The van der Waals surface area contributed by atoms with E-state index in [0.29, 0.717) is 10.6 Å². The number of halogens is 1. The van der Waals surface area contributed by atoms with Crippen LogP contribution in [0.2, 0.25) is 5.02 Å². The Labute approximate surface area is 134 Å². The number of benzene rings is 2. The molecule has 1 atom stereocenters. The third-order valence-electron chi connectivity index (χ3n) is 3.17. The summed E-state index contributed by atoms with van der Waals surface area (Å²) in [6, 6.07) is 18.3. The zero-order chi connectivity index (χ0) is 15.9. The van der Waals surface area contributed by atoms with Crippen LogP contribution in [0.3, 0.4) is 0 Å². The Hall–Kier alpha value is -2.57. The second kappa shape index (κ2) is 7.44. The first kappa shape index (κ1) is 15.8. The largest absolute Gasteiger partial charge is 0.345 e. The Morgan fingerprint density at radius 1 is 1.23 bits per heavy atom. The molecular weight excluding hydrogens is 296 g/mol. The predicted molar refractivity (Wildman–Crippen MR) is 88.0 cm³/mol. The van der Waals surface area contributed by atoms with Gasteiger partial charge in [-0.05, 0) is 36.3 Å². The lowest BCUT2D eigenvalue weighted by Crippen LogP contribution is -2.27. The van der Waals surface area contributed by atoms with Crippen molar-refractivity contribution in [3.05, 3.63) is 76.3 Å². The Balaban J connectivity index is 2.14. The molecule has 110 valence electrons. The summed E-state index contributed by atoms with van der Waals surface area (Å²) in [6.07, 6.45) is 1.53. The summed E-state index contributed by atoms with van der Waals surface area (Å²) >= 11 is 5.90. The molecule has 0 radical (unpaired) electrons. The van der Waals surface area contributed by atoms with E-state index < -0.39 is 5.91 Å². The fourth-order valence-corrected chi connectivity index (χ4v) is 2.21. The van der Waals surface area contributed by atoms with Crippen LogP contribution >= 0.6 is 11.6 Å². The summed E-state index contributed by atoms with van der Waals surface area (Å²) in [5.74, 6) is -0.404. The molecule has 0 heterocycles. The Bertz CT molecular complexity index is 732. The summed E-state index contributed by atoms with van der Waals surface area (Å²) in [4.78, 5) is 12.2. The summed E-state index contributed by atoms with van der Waals surface area (Å²) in [5, 5.41) is 12.6. The molecule has 3 nitrogen and oxygen atoms in total. The summed E-state index contributed by atoms with van der Waals surface area (Å²) < 4.78 is 0. The lowest BCUT2D eigenvalue weighted by molar-refractivity contribution is -0.117. The summed E-state index contributed by atoms with van der Waals surface area (Å²) in [6.45, 7) is 1.88. The average Bonchev–Trinajstić information content (AvgIpc) is 2.53. The van der Waals surface area contributed by atoms with Crippen LogP contribution in [0.4, 0.5) is 0 Å². The molecule has 2 aromatic rings. The van der Waals surface area contributed by atoms with E-state index in [2.05, 4.69) is 5.32 Å². The average molecular weight is 311 g/mol. The molecule has 4 heteroatoms. The Kier molecular flexibility index (Phi) is 5.35. The minimum absolute atomic E-state index is 0.0463. The maximum atomic E-state index is 12.2. The van der Waals surface area contributed by atoms with Crippen molar-refractivity contribution in [1.29, 1.82) is 5.26 Å². The number of carbonyl (C=O) groups excluding carboxylic acids is 1. The number of amides is 1. The van der Waals surface area contributed by atoms with Gasteiger partial charge in [-0.3, -0.25) is 4.79 Å². The monoisotopic (exact) mass is 310 g/mol. The highest BCUT2D eigenvalue weighted by Gasteiger charge is 2.13. The van der Waals surface area contributed by atoms with Gasteiger partial charge in [-0.1, -0.05) is 54.1 Å². The molecule has 0 aromatic heterocycles. The molecule has 0 aliphatic rings. The standard InChI is InChI=1S/C18H15ClN2O/c1-13(15-7-3-2-4-8-15)21-18(22)16(12-20)10-14-6-5-9-17(19)11-14/h2-11,13H,1H3,(H,21,22)/b16-10-/t13-/m0/s1. The van der Waals surface area contributed by atoms with Gasteiger partial charge in [-0.2, -0.15) is 5.26 Å². The smallest absolute Gasteiger partial charge is 0.262 e. The minimum atomic E-state index is -0.404. The van der Waals surface area contributed by atoms with Crippen LogP contribution in [0.15, 0.2) is 60.2 Å². The molecule has 1 amide bonds. The van der Waals surface area contributed by atoms with E-state index in [1.807, 2.05) is 43.3 Å². The van der Waals surface area contributed by atoms with E-state index in [1.165, 1.54) is 6.08 Å². The zero-order valence-electron chi connectivity index (χ0n) is 12.1. The summed E-state index contributed by atoms with van der Waals surface area (Å²) in [7, 11) is 0. The van der Waals surface area contributed by atoms with E-state index in [4.69, 9.17) is 11.6 Å². The molecule has 0 unspecified atom stereocenters. The van der Waals surface area contributed by atoms with Gasteiger partial charge in [-0.25, -0.2) is 0 Å². The van der Waals surface area contributed by atoms with Crippen molar-refractivity contribution in [1.82, 2.24) is 5.32 Å². The van der Waals surface area contributed by atoms with Crippen molar-refractivity contribution in [3.8, 4) is 6.07 Å². The molecule has 0 saturated heterocycles. The molecule has 22 heavy (non-hydrogen) atoms. The molecule has 0 spiro atoms. The third kappa shape index (κ3) is 4.21. The van der Waals surface area contributed by atoms with Gasteiger partial charge < -0.3 is 5.32 Å². The van der Waals surface area contributed by atoms with E-state index in [-0.39, 0.29) is 11.6 Å². The number of hydrogen-bond acceptors (Lipinski definition) is 2. The van der Waals surface area contributed by atoms with Crippen LogP contribution in [-0.2, 0) is 4.79 Å². The van der Waals surface area contributed by atoms with Crippen LogP contribution in [0.5, 0.6) is 0 Å².